The molecule has 4 atom stereocenters. The normalized spacial score (nSPS) is 16.0. The number of esters is 2. The summed E-state index contributed by atoms with van der Waals surface area (Å²) in [5.41, 5.74) is 0.445. The van der Waals surface area contributed by atoms with E-state index in [1.54, 1.807) is 0 Å². The monoisotopic (exact) mass is 718 g/mol. The lowest BCUT2D eigenvalue weighted by Crippen LogP contribution is -2.33. The van der Waals surface area contributed by atoms with Gasteiger partial charge in [0.2, 0.25) is 12.2 Å². The summed E-state index contributed by atoms with van der Waals surface area (Å²) < 4.78 is 16.5. The van der Waals surface area contributed by atoms with Crippen LogP contribution in [0.25, 0.3) is 6.08 Å². The highest BCUT2D eigenvalue weighted by atomic mass is 16.6. The van der Waals surface area contributed by atoms with E-state index in [1.807, 2.05) is 0 Å². The van der Waals surface area contributed by atoms with Gasteiger partial charge in [0.1, 0.15) is 12.0 Å². The van der Waals surface area contributed by atoms with Crippen molar-refractivity contribution in [3.8, 4) is 46.0 Å². The molecule has 16 heteroatoms. The highest BCUT2D eigenvalue weighted by Crippen LogP contribution is 2.53. The molecular formula is C36H30O16. The molecular weight excluding hydrogens is 688 g/mol. The minimum Gasteiger partial charge on any atom is -0.504 e. The largest absolute Gasteiger partial charge is 0.504 e. The van der Waals surface area contributed by atoms with Crippen molar-refractivity contribution in [3.63, 3.8) is 0 Å². The number of hydrogen-bond acceptors (Lipinski definition) is 14. The third-order valence-electron chi connectivity index (χ3n) is 8.04. The van der Waals surface area contributed by atoms with E-state index in [0.29, 0.717) is 0 Å². The van der Waals surface area contributed by atoms with Crippen LogP contribution in [0.15, 0.2) is 72.8 Å². The Hall–Kier alpha value is -7.10. The van der Waals surface area contributed by atoms with Crippen molar-refractivity contribution in [2.45, 2.75) is 37.1 Å². The molecule has 0 bridgehead atoms. The van der Waals surface area contributed by atoms with Crippen molar-refractivity contribution in [1.29, 1.82) is 0 Å². The fourth-order valence-electron chi connectivity index (χ4n) is 5.49. The second-order valence-electron chi connectivity index (χ2n) is 11.6. The number of carbonyl (C=O) groups is 4. The summed E-state index contributed by atoms with van der Waals surface area (Å²) in [5, 5.41) is 89.1. The standard InChI is InChI=1S/C36H30O16/c37-20-6-1-16(11-24(20)41)13-27(34(45)46)50-29(44)10-5-18-3-9-23(40)33-30(18)31(32(52-33)19-4-8-22(39)26(43)15-19)36(49)51-28(35(47)48)14-17-2-7-21(38)25(42)12-17/h1-12,15,27-28,31-32,37-43H,13-14H2,(H,45,46)(H,47,48)/t27-,28-,31+,32-/m1/s1. The Morgan fingerprint density at radius 2 is 1.13 bits per heavy atom. The minimum absolute atomic E-state index is 0.0443. The van der Waals surface area contributed by atoms with Gasteiger partial charge in [0.25, 0.3) is 0 Å². The Kier molecular flexibility index (Phi) is 10.3. The topological polar surface area (TPSA) is 278 Å². The van der Waals surface area contributed by atoms with Crippen LogP contribution >= 0.6 is 0 Å². The van der Waals surface area contributed by atoms with Crippen molar-refractivity contribution in [2.75, 3.05) is 0 Å². The summed E-state index contributed by atoms with van der Waals surface area (Å²) in [7, 11) is 0. The summed E-state index contributed by atoms with van der Waals surface area (Å²) in [5.74, 6) is -10.8. The predicted octanol–water partition coefficient (Wildman–Crippen LogP) is 3.33. The van der Waals surface area contributed by atoms with Gasteiger partial charge in [-0.1, -0.05) is 24.3 Å². The number of benzene rings is 4. The van der Waals surface area contributed by atoms with E-state index in [4.69, 9.17) is 14.2 Å². The molecule has 9 N–H and O–H groups in total. The number of phenols is 7. The molecule has 1 aliphatic rings. The summed E-state index contributed by atoms with van der Waals surface area (Å²) in [6.45, 7) is 0. The van der Waals surface area contributed by atoms with Crippen LogP contribution in [0.4, 0.5) is 0 Å². The van der Waals surface area contributed by atoms with Gasteiger partial charge in [-0.25, -0.2) is 14.4 Å². The highest BCUT2D eigenvalue weighted by Gasteiger charge is 2.46. The number of aromatic hydroxyl groups is 7. The zero-order valence-electron chi connectivity index (χ0n) is 26.6. The van der Waals surface area contributed by atoms with Crippen LogP contribution in [0.2, 0.25) is 0 Å². The van der Waals surface area contributed by atoms with E-state index in [-0.39, 0.29) is 40.0 Å². The van der Waals surface area contributed by atoms with Crippen molar-refractivity contribution in [3.05, 3.63) is 101 Å². The minimum atomic E-state index is -1.84. The fraction of sp³-hybridized carbons (Fsp3) is 0.167. The van der Waals surface area contributed by atoms with Gasteiger partial charge in [0, 0.05) is 24.5 Å². The zero-order valence-corrected chi connectivity index (χ0v) is 26.6. The SMILES string of the molecule is O=C(C=Cc1ccc(O)c2c1[C@H](C(=O)O[C@H](Cc1ccc(O)c(O)c1)C(=O)O)[C@@H](c1ccc(O)c(O)c1)O2)O[C@H](Cc1ccc(O)c(O)c1)C(=O)O. The van der Waals surface area contributed by atoms with E-state index < -0.39 is 94.8 Å². The second-order valence-corrected chi connectivity index (χ2v) is 11.6. The molecule has 0 saturated carbocycles. The van der Waals surface area contributed by atoms with Gasteiger partial charge in [-0.3, -0.25) is 4.79 Å². The number of fused-ring (bicyclic) bond motifs is 1. The molecule has 5 rings (SSSR count). The van der Waals surface area contributed by atoms with E-state index in [1.165, 1.54) is 24.3 Å². The van der Waals surface area contributed by atoms with Gasteiger partial charge in [-0.2, -0.15) is 0 Å². The number of phenolic OH excluding ortho intramolecular Hbond substituents is 7. The lowest BCUT2D eigenvalue weighted by Gasteiger charge is -2.22. The summed E-state index contributed by atoms with van der Waals surface area (Å²) in [4.78, 5) is 50.9. The van der Waals surface area contributed by atoms with Crippen LogP contribution in [0.3, 0.4) is 0 Å². The second kappa shape index (κ2) is 14.8. The molecule has 16 nitrogen and oxygen atoms in total. The van der Waals surface area contributed by atoms with E-state index in [2.05, 4.69) is 0 Å². The average molecular weight is 719 g/mol. The number of ether oxygens (including phenoxy) is 3. The van der Waals surface area contributed by atoms with Crippen LogP contribution < -0.4 is 4.74 Å². The molecule has 0 fully saturated rings. The van der Waals surface area contributed by atoms with E-state index in [0.717, 1.165) is 54.6 Å². The smallest absolute Gasteiger partial charge is 0.345 e. The molecule has 0 spiro atoms. The Labute approximate surface area is 292 Å². The van der Waals surface area contributed by atoms with Gasteiger partial charge in [-0.15, -0.1) is 0 Å². The summed E-state index contributed by atoms with van der Waals surface area (Å²) in [6.07, 6.45) is -3.85. The number of carboxylic acids is 2. The molecule has 4 aromatic carbocycles. The molecule has 0 amide bonds. The van der Waals surface area contributed by atoms with Crippen LogP contribution in [-0.2, 0) is 41.5 Å². The molecule has 0 radical (unpaired) electrons. The summed E-state index contributed by atoms with van der Waals surface area (Å²) in [6, 6.07) is 13.0. The molecule has 1 heterocycles. The van der Waals surface area contributed by atoms with Crippen molar-refractivity contribution in [2.24, 2.45) is 0 Å². The first-order chi connectivity index (χ1) is 24.6. The number of carbonyl (C=O) groups excluding carboxylic acids is 2. The first kappa shape index (κ1) is 36.2. The Balaban J connectivity index is 1.47. The third-order valence-corrected chi connectivity index (χ3v) is 8.04. The Bertz CT molecular complexity index is 2090. The average Bonchev–Trinajstić information content (AvgIpc) is 3.50. The van der Waals surface area contributed by atoms with Crippen LogP contribution in [-0.4, -0.2) is 82.0 Å². The van der Waals surface area contributed by atoms with Gasteiger partial charge < -0.3 is 60.2 Å². The predicted molar refractivity (Wildman–Crippen MR) is 175 cm³/mol. The van der Waals surface area contributed by atoms with Crippen LogP contribution in [0.1, 0.15) is 39.8 Å². The lowest BCUT2D eigenvalue weighted by molar-refractivity contribution is -0.166. The number of rotatable bonds is 12. The Morgan fingerprint density at radius 1 is 0.635 bits per heavy atom. The van der Waals surface area contributed by atoms with Crippen molar-refractivity contribution >= 4 is 30.0 Å². The summed E-state index contributed by atoms with van der Waals surface area (Å²) >= 11 is 0. The molecule has 4 aromatic rings. The molecule has 1 aliphatic heterocycles. The van der Waals surface area contributed by atoms with Gasteiger partial charge in [-0.05, 0) is 70.8 Å². The van der Waals surface area contributed by atoms with Gasteiger partial charge in [0.15, 0.2) is 46.0 Å². The van der Waals surface area contributed by atoms with E-state index in [9.17, 15) is 65.1 Å². The maximum Gasteiger partial charge on any atom is 0.345 e. The van der Waals surface area contributed by atoms with Crippen LogP contribution in [0.5, 0.6) is 46.0 Å². The van der Waals surface area contributed by atoms with Crippen molar-refractivity contribution < 1.29 is 79.3 Å². The maximum absolute atomic E-state index is 13.9. The number of hydrogen-bond donors (Lipinski definition) is 9. The molecule has 0 unspecified atom stereocenters. The zero-order chi connectivity index (χ0) is 37.9. The maximum atomic E-state index is 13.9. The van der Waals surface area contributed by atoms with Gasteiger partial charge in [0.05, 0.1) is 0 Å². The Morgan fingerprint density at radius 3 is 1.65 bits per heavy atom. The first-order valence-electron chi connectivity index (χ1n) is 15.2. The molecule has 52 heavy (non-hydrogen) atoms. The third kappa shape index (κ3) is 7.86. The highest BCUT2D eigenvalue weighted by molar-refractivity contribution is 5.92. The fourth-order valence-corrected chi connectivity index (χ4v) is 5.49. The van der Waals surface area contributed by atoms with E-state index >= 15 is 0 Å². The number of aliphatic carboxylic acids is 2. The molecule has 270 valence electrons. The van der Waals surface area contributed by atoms with Crippen molar-refractivity contribution in [1.82, 2.24) is 0 Å². The lowest BCUT2D eigenvalue weighted by atomic mass is 9.87. The van der Waals surface area contributed by atoms with Crippen LogP contribution in [0, 0.1) is 0 Å². The molecule has 0 saturated heterocycles. The number of carboxylic acid groups (broad SMARTS) is 2. The first-order valence-corrected chi connectivity index (χ1v) is 15.2. The molecule has 0 aromatic heterocycles. The molecule has 0 aliphatic carbocycles. The van der Waals surface area contributed by atoms with Gasteiger partial charge >= 0.3 is 23.9 Å². The quantitative estimate of drug-likeness (QED) is 0.0577.